The minimum Gasteiger partial charge on any atom is -0.489 e. The zero-order valence-electron chi connectivity index (χ0n) is 9.87. The smallest absolute Gasteiger partial charge is 0.128 e. The van der Waals surface area contributed by atoms with Gasteiger partial charge in [0.2, 0.25) is 0 Å². The van der Waals surface area contributed by atoms with Gasteiger partial charge in [-0.2, -0.15) is 0 Å². The first-order valence-electron chi connectivity index (χ1n) is 5.48. The molecule has 1 aromatic heterocycles. The Hall–Kier alpha value is -1.33. The number of furan rings is 1. The van der Waals surface area contributed by atoms with Gasteiger partial charge in [0.05, 0.1) is 12.8 Å². The molecule has 2 rings (SSSR count). The molecule has 0 aliphatic carbocycles. The lowest BCUT2D eigenvalue weighted by Crippen LogP contribution is -2.07. The molecule has 0 amide bonds. The Morgan fingerprint density at radius 2 is 2.22 bits per heavy atom. The highest BCUT2D eigenvalue weighted by Gasteiger charge is 2.07. The fourth-order valence-corrected chi connectivity index (χ4v) is 2.03. The Balaban J connectivity index is 2.04. The first-order valence-corrected chi connectivity index (χ1v) is 6.27. The zero-order chi connectivity index (χ0) is 13.0. The first kappa shape index (κ1) is 13.1. The Bertz CT molecular complexity index is 507. The summed E-state index contributed by atoms with van der Waals surface area (Å²) in [5.41, 5.74) is 0.949. The van der Waals surface area contributed by atoms with Gasteiger partial charge in [-0.1, -0.05) is 15.9 Å². The summed E-state index contributed by atoms with van der Waals surface area (Å²) in [6.07, 6.45) is 1.62. The van der Waals surface area contributed by atoms with Gasteiger partial charge in [0.25, 0.3) is 0 Å². The average molecular weight is 314 g/mol. The first-order chi connectivity index (χ1) is 8.69. The van der Waals surface area contributed by atoms with Gasteiger partial charge in [0.15, 0.2) is 0 Å². The summed E-state index contributed by atoms with van der Waals surface area (Å²) in [4.78, 5) is 0. The van der Waals surface area contributed by atoms with Crippen molar-refractivity contribution >= 4 is 15.9 Å². The van der Waals surface area contributed by atoms with E-state index in [1.165, 1.54) is 12.1 Å². The average Bonchev–Trinajstić information content (AvgIpc) is 2.73. The van der Waals surface area contributed by atoms with Crippen molar-refractivity contribution in [3.05, 3.63) is 52.1 Å². The van der Waals surface area contributed by atoms with Gasteiger partial charge in [-0.15, -0.1) is 0 Å². The van der Waals surface area contributed by atoms with Crippen LogP contribution < -0.4 is 10.1 Å². The Labute approximate surface area is 113 Å². The van der Waals surface area contributed by atoms with E-state index in [9.17, 15) is 4.39 Å². The van der Waals surface area contributed by atoms with E-state index in [2.05, 4.69) is 21.2 Å². The molecule has 96 valence electrons. The second-order valence-electron chi connectivity index (χ2n) is 3.79. The molecular weight excluding hydrogens is 301 g/mol. The quantitative estimate of drug-likeness (QED) is 0.917. The van der Waals surface area contributed by atoms with E-state index < -0.39 is 0 Å². The second-order valence-corrected chi connectivity index (χ2v) is 4.71. The third-order valence-corrected chi connectivity index (χ3v) is 2.86. The van der Waals surface area contributed by atoms with Crippen LogP contribution in [-0.4, -0.2) is 7.05 Å². The maximum atomic E-state index is 13.2. The molecule has 0 atom stereocenters. The van der Waals surface area contributed by atoms with Gasteiger partial charge in [-0.05, 0) is 25.2 Å². The molecule has 1 aromatic carbocycles. The molecule has 18 heavy (non-hydrogen) atoms. The lowest BCUT2D eigenvalue weighted by molar-refractivity contribution is 0.300. The number of rotatable bonds is 5. The van der Waals surface area contributed by atoms with Gasteiger partial charge in [0.1, 0.15) is 23.9 Å². The molecule has 2 aromatic rings. The molecule has 0 radical (unpaired) electrons. The van der Waals surface area contributed by atoms with Crippen molar-refractivity contribution in [3.8, 4) is 5.75 Å². The molecule has 3 nitrogen and oxygen atoms in total. The topological polar surface area (TPSA) is 34.4 Å². The highest BCUT2D eigenvalue weighted by Crippen LogP contribution is 2.22. The predicted octanol–water partition coefficient (Wildman–Crippen LogP) is 3.48. The Morgan fingerprint density at radius 1 is 1.39 bits per heavy atom. The highest BCUT2D eigenvalue weighted by atomic mass is 79.9. The van der Waals surface area contributed by atoms with Crippen molar-refractivity contribution in [2.45, 2.75) is 13.2 Å². The molecule has 0 bridgehead atoms. The molecule has 0 aliphatic heterocycles. The number of hydrogen-bond donors (Lipinski definition) is 1. The summed E-state index contributed by atoms with van der Waals surface area (Å²) in [5.74, 6) is 0.980. The van der Waals surface area contributed by atoms with Crippen molar-refractivity contribution in [3.63, 3.8) is 0 Å². The van der Waals surface area contributed by atoms with Crippen LogP contribution in [0.5, 0.6) is 5.75 Å². The zero-order valence-corrected chi connectivity index (χ0v) is 11.5. The lowest BCUT2D eigenvalue weighted by Gasteiger charge is -2.07. The maximum absolute atomic E-state index is 13.2. The summed E-state index contributed by atoms with van der Waals surface area (Å²) < 4.78 is 24.7. The van der Waals surface area contributed by atoms with Crippen LogP contribution in [0.2, 0.25) is 0 Å². The second kappa shape index (κ2) is 6.02. The standard InChI is InChI=1S/C13H13BrFNO2/c1-16-7-13-9(2-3-17-13)8-18-12-5-10(14)4-11(15)6-12/h2-6,16H,7-8H2,1H3. The van der Waals surface area contributed by atoms with E-state index in [4.69, 9.17) is 9.15 Å². The number of nitrogens with one attached hydrogen (secondary N) is 1. The molecule has 1 N–H and O–H groups in total. The van der Waals surface area contributed by atoms with Crippen LogP contribution in [-0.2, 0) is 13.2 Å². The van der Waals surface area contributed by atoms with Crippen LogP contribution in [0.4, 0.5) is 4.39 Å². The van der Waals surface area contributed by atoms with Crippen molar-refractivity contribution in [2.24, 2.45) is 0 Å². The minimum atomic E-state index is -0.331. The summed E-state index contributed by atoms with van der Waals surface area (Å²) in [6.45, 7) is 0.988. The van der Waals surface area contributed by atoms with Crippen LogP contribution in [0.1, 0.15) is 11.3 Å². The fraction of sp³-hybridized carbons (Fsp3) is 0.231. The number of halogens is 2. The minimum absolute atomic E-state index is 0.331. The third kappa shape index (κ3) is 3.34. The van der Waals surface area contributed by atoms with E-state index in [0.717, 1.165) is 11.3 Å². The Kier molecular flexibility index (Phi) is 4.38. The van der Waals surface area contributed by atoms with E-state index in [1.54, 1.807) is 12.3 Å². The largest absolute Gasteiger partial charge is 0.489 e. The number of hydrogen-bond acceptors (Lipinski definition) is 3. The number of benzene rings is 1. The van der Waals surface area contributed by atoms with Gasteiger partial charge in [0, 0.05) is 16.1 Å². The summed E-state index contributed by atoms with van der Waals surface area (Å²) in [7, 11) is 1.84. The third-order valence-electron chi connectivity index (χ3n) is 2.41. The molecule has 5 heteroatoms. The van der Waals surface area contributed by atoms with Crippen molar-refractivity contribution in [1.29, 1.82) is 0 Å². The molecule has 0 saturated carbocycles. The Morgan fingerprint density at radius 3 is 2.94 bits per heavy atom. The molecule has 0 spiro atoms. The fourth-order valence-electron chi connectivity index (χ4n) is 1.58. The van der Waals surface area contributed by atoms with E-state index in [1.807, 2.05) is 13.1 Å². The maximum Gasteiger partial charge on any atom is 0.128 e. The van der Waals surface area contributed by atoms with Crippen LogP contribution in [0.15, 0.2) is 39.4 Å². The van der Waals surface area contributed by atoms with E-state index in [-0.39, 0.29) is 5.82 Å². The predicted molar refractivity (Wildman–Crippen MR) is 69.9 cm³/mol. The molecule has 0 aliphatic rings. The van der Waals surface area contributed by atoms with Crippen LogP contribution in [0.25, 0.3) is 0 Å². The summed E-state index contributed by atoms with van der Waals surface area (Å²) in [6, 6.07) is 6.31. The molecule has 0 saturated heterocycles. The van der Waals surface area contributed by atoms with Crippen LogP contribution >= 0.6 is 15.9 Å². The van der Waals surface area contributed by atoms with Crippen LogP contribution in [0.3, 0.4) is 0 Å². The van der Waals surface area contributed by atoms with Gasteiger partial charge in [-0.25, -0.2) is 4.39 Å². The molecular formula is C13H13BrFNO2. The SMILES string of the molecule is CNCc1occc1COc1cc(F)cc(Br)c1. The monoisotopic (exact) mass is 313 g/mol. The summed E-state index contributed by atoms with van der Waals surface area (Å²) >= 11 is 3.22. The van der Waals surface area contributed by atoms with Crippen molar-refractivity contribution in [2.75, 3.05) is 7.05 Å². The summed E-state index contributed by atoms with van der Waals surface area (Å²) in [5, 5.41) is 3.01. The van der Waals surface area contributed by atoms with Gasteiger partial charge in [-0.3, -0.25) is 0 Å². The van der Waals surface area contributed by atoms with Crippen molar-refractivity contribution in [1.82, 2.24) is 5.32 Å². The van der Waals surface area contributed by atoms with Crippen molar-refractivity contribution < 1.29 is 13.5 Å². The normalized spacial score (nSPS) is 10.6. The molecule has 0 fully saturated rings. The molecule has 1 heterocycles. The van der Waals surface area contributed by atoms with Gasteiger partial charge >= 0.3 is 0 Å². The number of ether oxygens (including phenoxy) is 1. The highest BCUT2D eigenvalue weighted by molar-refractivity contribution is 9.10. The van der Waals surface area contributed by atoms with Crippen LogP contribution in [0, 0.1) is 5.82 Å². The van der Waals surface area contributed by atoms with Gasteiger partial charge < -0.3 is 14.5 Å². The lowest BCUT2D eigenvalue weighted by atomic mass is 10.2. The van der Waals surface area contributed by atoms with E-state index in [0.29, 0.717) is 23.4 Å². The molecule has 0 unspecified atom stereocenters. The van der Waals surface area contributed by atoms with E-state index >= 15 is 0 Å².